The van der Waals surface area contributed by atoms with Crippen LogP contribution in [0.4, 0.5) is 5.69 Å². The maximum Gasteiger partial charge on any atom is 0.339 e. The Bertz CT molecular complexity index is 652. The summed E-state index contributed by atoms with van der Waals surface area (Å²) < 4.78 is 4.68. The first kappa shape index (κ1) is 18.3. The number of rotatable bonds is 5. The van der Waals surface area contributed by atoms with Gasteiger partial charge in [-0.25, -0.2) is 4.79 Å². The molecule has 0 spiro atoms. The number of methoxy groups -OCH3 is 1. The molecule has 0 aromatic heterocycles. The third-order valence-electron chi connectivity index (χ3n) is 4.42. The van der Waals surface area contributed by atoms with Crippen molar-refractivity contribution in [2.45, 2.75) is 38.5 Å². The van der Waals surface area contributed by atoms with E-state index in [0.717, 1.165) is 19.3 Å². The molecule has 1 aromatic carbocycles. The molecule has 6 nitrogen and oxygen atoms in total. The second kappa shape index (κ2) is 7.66. The Labute approximate surface area is 145 Å². The number of esters is 1. The van der Waals surface area contributed by atoms with Crippen molar-refractivity contribution in [1.82, 2.24) is 0 Å². The number of ether oxygens (including phenoxy) is 1. The SMILES string of the molecule is COC(=O)c1ccc(Cl)cc1NC(=O)CC1(C(=O)O)CCCCC1. The van der Waals surface area contributed by atoms with Crippen LogP contribution in [0.25, 0.3) is 0 Å². The average molecular weight is 354 g/mol. The molecule has 1 fully saturated rings. The van der Waals surface area contributed by atoms with Gasteiger partial charge in [-0.2, -0.15) is 0 Å². The number of carbonyl (C=O) groups excluding carboxylic acids is 2. The molecule has 0 radical (unpaired) electrons. The molecule has 1 aromatic rings. The Morgan fingerprint density at radius 1 is 1.25 bits per heavy atom. The number of aliphatic carboxylic acids is 1. The van der Waals surface area contributed by atoms with Crippen molar-refractivity contribution in [3.8, 4) is 0 Å². The summed E-state index contributed by atoms with van der Waals surface area (Å²) >= 11 is 5.92. The first-order valence-corrected chi connectivity index (χ1v) is 8.17. The molecule has 2 N–H and O–H groups in total. The lowest BCUT2D eigenvalue weighted by molar-refractivity contribution is -0.153. The zero-order valence-electron chi connectivity index (χ0n) is 13.4. The predicted molar refractivity (Wildman–Crippen MR) is 89.2 cm³/mol. The highest BCUT2D eigenvalue weighted by Gasteiger charge is 2.41. The molecule has 130 valence electrons. The zero-order valence-corrected chi connectivity index (χ0v) is 14.2. The lowest BCUT2D eigenvalue weighted by Crippen LogP contribution is -2.37. The van der Waals surface area contributed by atoms with Crippen LogP contribution in [-0.2, 0) is 14.3 Å². The van der Waals surface area contributed by atoms with E-state index in [1.165, 1.54) is 25.3 Å². The Balaban J connectivity index is 2.18. The highest BCUT2D eigenvalue weighted by molar-refractivity contribution is 6.31. The lowest BCUT2D eigenvalue weighted by Gasteiger charge is -2.32. The quantitative estimate of drug-likeness (QED) is 0.790. The maximum absolute atomic E-state index is 12.4. The molecular formula is C17H20ClNO5. The van der Waals surface area contributed by atoms with Gasteiger partial charge in [0.25, 0.3) is 0 Å². The summed E-state index contributed by atoms with van der Waals surface area (Å²) in [6.45, 7) is 0. The van der Waals surface area contributed by atoms with Gasteiger partial charge < -0.3 is 15.2 Å². The minimum Gasteiger partial charge on any atom is -0.481 e. The van der Waals surface area contributed by atoms with Crippen LogP contribution in [0.15, 0.2) is 18.2 Å². The fourth-order valence-corrected chi connectivity index (χ4v) is 3.28. The Morgan fingerprint density at radius 3 is 2.50 bits per heavy atom. The van der Waals surface area contributed by atoms with Crippen molar-refractivity contribution >= 4 is 35.1 Å². The number of anilines is 1. The fourth-order valence-electron chi connectivity index (χ4n) is 3.10. The number of hydrogen-bond acceptors (Lipinski definition) is 4. The van der Waals surface area contributed by atoms with Gasteiger partial charge in [-0.1, -0.05) is 30.9 Å². The molecule has 1 saturated carbocycles. The van der Waals surface area contributed by atoms with E-state index >= 15 is 0 Å². The Kier molecular flexibility index (Phi) is 5.83. The van der Waals surface area contributed by atoms with Gasteiger partial charge in [0.2, 0.25) is 5.91 Å². The monoisotopic (exact) mass is 353 g/mol. The van der Waals surface area contributed by atoms with Gasteiger partial charge in [-0.15, -0.1) is 0 Å². The van der Waals surface area contributed by atoms with Gasteiger partial charge in [0, 0.05) is 11.4 Å². The number of carbonyl (C=O) groups is 3. The van der Waals surface area contributed by atoms with Crippen molar-refractivity contribution < 1.29 is 24.2 Å². The van der Waals surface area contributed by atoms with E-state index in [2.05, 4.69) is 10.1 Å². The number of amides is 1. The minimum atomic E-state index is -1.04. The first-order valence-electron chi connectivity index (χ1n) is 7.79. The highest BCUT2D eigenvalue weighted by atomic mass is 35.5. The molecule has 1 aliphatic carbocycles. The third-order valence-corrected chi connectivity index (χ3v) is 4.66. The van der Waals surface area contributed by atoms with E-state index in [1.807, 2.05) is 0 Å². The van der Waals surface area contributed by atoms with Crippen molar-refractivity contribution in [1.29, 1.82) is 0 Å². The van der Waals surface area contributed by atoms with Crippen molar-refractivity contribution in [2.24, 2.45) is 5.41 Å². The van der Waals surface area contributed by atoms with E-state index in [-0.39, 0.29) is 17.7 Å². The maximum atomic E-state index is 12.4. The molecule has 7 heteroatoms. The van der Waals surface area contributed by atoms with E-state index in [9.17, 15) is 19.5 Å². The smallest absolute Gasteiger partial charge is 0.339 e. The van der Waals surface area contributed by atoms with Crippen LogP contribution in [0, 0.1) is 5.41 Å². The molecule has 1 aliphatic rings. The summed E-state index contributed by atoms with van der Waals surface area (Å²) in [5, 5.41) is 12.5. The molecule has 0 bridgehead atoms. The number of halogens is 1. The largest absolute Gasteiger partial charge is 0.481 e. The summed E-state index contributed by atoms with van der Waals surface area (Å²) in [5.74, 6) is -2.00. The van der Waals surface area contributed by atoms with Gasteiger partial charge in [-0.05, 0) is 31.0 Å². The molecule has 0 atom stereocenters. The molecular weight excluding hydrogens is 334 g/mol. The highest BCUT2D eigenvalue weighted by Crippen LogP contribution is 2.40. The Hall–Kier alpha value is -2.08. The predicted octanol–water partition coefficient (Wildman–Crippen LogP) is 3.49. The molecule has 0 unspecified atom stereocenters. The van der Waals surface area contributed by atoms with Crippen molar-refractivity contribution in [3.05, 3.63) is 28.8 Å². The van der Waals surface area contributed by atoms with Crippen LogP contribution >= 0.6 is 11.6 Å². The van der Waals surface area contributed by atoms with Crippen LogP contribution in [0.3, 0.4) is 0 Å². The van der Waals surface area contributed by atoms with Crippen molar-refractivity contribution in [2.75, 3.05) is 12.4 Å². The first-order chi connectivity index (χ1) is 11.4. The van der Waals surface area contributed by atoms with Gasteiger partial charge in [0.15, 0.2) is 0 Å². The average Bonchev–Trinajstić information content (AvgIpc) is 2.55. The fraction of sp³-hybridized carbons (Fsp3) is 0.471. The zero-order chi connectivity index (χ0) is 17.7. The normalized spacial score (nSPS) is 16.2. The van der Waals surface area contributed by atoms with Gasteiger partial charge >= 0.3 is 11.9 Å². The number of hydrogen-bond donors (Lipinski definition) is 2. The van der Waals surface area contributed by atoms with E-state index in [1.54, 1.807) is 0 Å². The summed E-state index contributed by atoms with van der Waals surface area (Å²) in [6, 6.07) is 4.42. The minimum absolute atomic E-state index is 0.130. The standard InChI is InChI=1S/C17H20ClNO5/c1-24-15(21)12-6-5-11(18)9-13(12)19-14(20)10-17(16(22)23)7-3-2-4-8-17/h5-6,9H,2-4,7-8,10H2,1H3,(H,19,20)(H,22,23). The summed E-state index contributed by atoms with van der Waals surface area (Å²) in [7, 11) is 1.24. The van der Waals surface area contributed by atoms with Crippen LogP contribution < -0.4 is 5.32 Å². The van der Waals surface area contributed by atoms with Crippen LogP contribution in [0.1, 0.15) is 48.9 Å². The second-order valence-electron chi connectivity index (χ2n) is 6.05. The van der Waals surface area contributed by atoms with E-state index in [0.29, 0.717) is 17.9 Å². The summed E-state index contributed by atoms with van der Waals surface area (Å²) in [4.78, 5) is 35.8. The number of carboxylic acids is 1. The van der Waals surface area contributed by atoms with E-state index in [4.69, 9.17) is 11.6 Å². The number of benzene rings is 1. The third kappa shape index (κ3) is 4.06. The molecule has 0 saturated heterocycles. The van der Waals surface area contributed by atoms with Gasteiger partial charge in [0.1, 0.15) is 0 Å². The molecule has 1 amide bonds. The van der Waals surface area contributed by atoms with Crippen LogP contribution in [-0.4, -0.2) is 30.1 Å². The van der Waals surface area contributed by atoms with Crippen LogP contribution in [0.2, 0.25) is 5.02 Å². The number of nitrogens with one attached hydrogen (secondary N) is 1. The molecule has 0 aliphatic heterocycles. The van der Waals surface area contributed by atoms with Gasteiger partial charge in [-0.3, -0.25) is 9.59 Å². The van der Waals surface area contributed by atoms with Gasteiger partial charge in [0.05, 0.1) is 23.8 Å². The summed E-state index contributed by atoms with van der Waals surface area (Å²) in [5.41, 5.74) is -0.647. The molecule has 0 heterocycles. The molecule has 2 rings (SSSR count). The van der Waals surface area contributed by atoms with Crippen molar-refractivity contribution in [3.63, 3.8) is 0 Å². The number of carboxylic acid groups (broad SMARTS) is 1. The second-order valence-corrected chi connectivity index (χ2v) is 6.49. The summed E-state index contributed by atoms with van der Waals surface area (Å²) in [6.07, 6.45) is 3.41. The Morgan fingerprint density at radius 2 is 1.92 bits per heavy atom. The lowest BCUT2D eigenvalue weighted by atomic mass is 9.71. The topological polar surface area (TPSA) is 92.7 Å². The van der Waals surface area contributed by atoms with E-state index < -0.39 is 23.3 Å². The molecule has 24 heavy (non-hydrogen) atoms. The van der Waals surface area contributed by atoms with Crippen LogP contribution in [0.5, 0.6) is 0 Å².